The molecule has 0 aromatic carbocycles. The van der Waals surface area contributed by atoms with Crippen LogP contribution in [0.3, 0.4) is 0 Å². The van der Waals surface area contributed by atoms with E-state index in [0.29, 0.717) is 4.31 Å². The van der Waals surface area contributed by atoms with Gasteiger partial charge in [0.2, 0.25) is 0 Å². The van der Waals surface area contributed by atoms with Crippen LogP contribution in [-0.4, -0.2) is 49.1 Å². The summed E-state index contributed by atoms with van der Waals surface area (Å²) in [5, 5.41) is 7.12. The second kappa shape index (κ2) is 4.93. The monoisotopic (exact) mass is 268 g/mol. The van der Waals surface area contributed by atoms with Gasteiger partial charge in [0.15, 0.2) is 0 Å². The van der Waals surface area contributed by atoms with Crippen molar-refractivity contribution < 1.29 is 35.4 Å². The largest absolute Gasteiger partial charge is 0.490 e. The standard InChI is InChI=1S/C3H7FN2O2S.C2HF3O2/c4-9(7,8)6-1-3(5)2-6;3-2(4,5)1(6)7/h3H,1-2,5H2;(H,6,7). The van der Waals surface area contributed by atoms with Crippen molar-refractivity contribution in [3.8, 4) is 0 Å². The number of carboxylic acid groups (broad SMARTS) is 1. The summed E-state index contributed by atoms with van der Waals surface area (Å²) in [4.78, 5) is 8.90. The highest BCUT2D eigenvalue weighted by Gasteiger charge is 2.38. The number of nitrogens with two attached hydrogens (primary N) is 1. The minimum atomic E-state index is -5.08. The lowest BCUT2D eigenvalue weighted by Crippen LogP contribution is -2.56. The van der Waals surface area contributed by atoms with E-state index in [-0.39, 0.29) is 19.1 Å². The number of carboxylic acids is 1. The van der Waals surface area contributed by atoms with Gasteiger partial charge in [-0.15, -0.1) is 0 Å². The summed E-state index contributed by atoms with van der Waals surface area (Å²) < 4.78 is 64.2. The van der Waals surface area contributed by atoms with E-state index in [4.69, 9.17) is 15.6 Å². The molecule has 16 heavy (non-hydrogen) atoms. The van der Waals surface area contributed by atoms with Gasteiger partial charge in [-0.2, -0.15) is 25.9 Å². The molecule has 0 unspecified atom stereocenters. The fourth-order valence-electron chi connectivity index (χ4n) is 0.648. The van der Waals surface area contributed by atoms with Crippen molar-refractivity contribution in [1.29, 1.82) is 0 Å². The molecule has 0 radical (unpaired) electrons. The first-order valence-electron chi connectivity index (χ1n) is 3.70. The van der Waals surface area contributed by atoms with Crippen molar-refractivity contribution in [1.82, 2.24) is 4.31 Å². The van der Waals surface area contributed by atoms with Gasteiger partial charge in [-0.05, 0) is 0 Å². The van der Waals surface area contributed by atoms with Crippen LogP contribution in [0.15, 0.2) is 0 Å². The Morgan fingerprint density at radius 2 is 1.69 bits per heavy atom. The zero-order chi connectivity index (χ0) is 13.1. The first kappa shape index (κ1) is 15.1. The Balaban J connectivity index is 0.000000293. The molecule has 0 aromatic heterocycles. The van der Waals surface area contributed by atoms with Crippen LogP contribution in [0.1, 0.15) is 0 Å². The molecule has 1 aliphatic heterocycles. The quantitative estimate of drug-likeness (QED) is 0.492. The van der Waals surface area contributed by atoms with E-state index >= 15 is 0 Å². The lowest BCUT2D eigenvalue weighted by molar-refractivity contribution is -0.192. The highest BCUT2D eigenvalue weighted by Crippen LogP contribution is 2.13. The van der Waals surface area contributed by atoms with E-state index in [0.717, 1.165) is 0 Å². The van der Waals surface area contributed by atoms with Gasteiger partial charge in [0.25, 0.3) is 0 Å². The summed E-state index contributed by atoms with van der Waals surface area (Å²) in [7, 11) is -4.45. The number of halogens is 4. The number of hydrogen-bond donors (Lipinski definition) is 2. The van der Waals surface area contributed by atoms with Crippen LogP contribution in [0.4, 0.5) is 17.1 Å². The van der Waals surface area contributed by atoms with Crippen LogP contribution >= 0.6 is 0 Å². The van der Waals surface area contributed by atoms with Crippen molar-refractivity contribution in [3.05, 3.63) is 0 Å². The molecule has 96 valence electrons. The van der Waals surface area contributed by atoms with E-state index in [2.05, 4.69) is 0 Å². The van der Waals surface area contributed by atoms with Crippen LogP contribution in [0.2, 0.25) is 0 Å². The molecule has 1 fully saturated rings. The molecule has 0 spiro atoms. The molecular weight excluding hydrogens is 260 g/mol. The van der Waals surface area contributed by atoms with Crippen molar-refractivity contribution in [2.24, 2.45) is 5.73 Å². The summed E-state index contributed by atoms with van der Waals surface area (Å²) in [6.45, 7) is 0.220. The highest BCUT2D eigenvalue weighted by atomic mass is 32.3. The van der Waals surface area contributed by atoms with Gasteiger partial charge in [-0.3, -0.25) is 0 Å². The molecule has 0 bridgehead atoms. The average molecular weight is 268 g/mol. The average Bonchev–Trinajstić information content (AvgIpc) is 1.96. The fraction of sp³-hybridized carbons (Fsp3) is 0.800. The summed E-state index contributed by atoms with van der Waals surface area (Å²) in [6, 6.07) is -0.185. The van der Waals surface area contributed by atoms with Crippen LogP contribution in [0, 0.1) is 0 Å². The van der Waals surface area contributed by atoms with Gasteiger partial charge in [0, 0.05) is 19.1 Å². The van der Waals surface area contributed by atoms with Crippen LogP contribution < -0.4 is 5.73 Å². The third-order valence-electron chi connectivity index (χ3n) is 1.43. The maximum atomic E-state index is 11.8. The molecule has 3 N–H and O–H groups in total. The Morgan fingerprint density at radius 3 is 1.75 bits per heavy atom. The van der Waals surface area contributed by atoms with E-state index in [1.807, 2.05) is 0 Å². The van der Waals surface area contributed by atoms with Gasteiger partial charge in [0.1, 0.15) is 0 Å². The first-order valence-corrected chi connectivity index (χ1v) is 5.04. The second-order valence-electron chi connectivity index (χ2n) is 2.82. The highest BCUT2D eigenvalue weighted by molar-refractivity contribution is 7.84. The molecule has 1 heterocycles. The normalized spacial score (nSPS) is 18.3. The van der Waals surface area contributed by atoms with Gasteiger partial charge in [0.05, 0.1) is 0 Å². The molecule has 0 amide bonds. The summed E-state index contributed by atoms with van der Waals surface area (Å²) in [5.41, 5.74) is 5.19. The lowest BCUT2D eigenvalue weighted by Gasteiger charge is -2.31. The third-order valence-corrected chi connectivity index (χ3v) is 2.34. The lowest BCUT2D eigenvalue weighted by atomic mass is 10.2. The predicted octanol–water partition coefficient (Wildman–Crippen LogP) is -0.523. The Bertz CT molecular complexity index is 348. The third kappa shape index (κ3) is 5.23. The van der Waals surface area contributed by atoms with E-state index in [1.165, 1.54) is 0 Å². The Kier molecular flexibility index (Phi) is 4.64. The SMILES string of the molecule is NC1CN(S(=O)(=O)F)C1.O=C(O)C(F)(F)F. The van der Waals surface area contributed by atoms with Gasteiger partial charge >= 0.3 is 22.6 Å². The van der Waals surface area contributed by atoms with E-state index in [1.54, 1.807) is 0 Å². The Labute approximate surface area is 88.0 Å². The number of nitrogens with zero attached hydrogens (tertiary/aromatic N) is 1. The molecule has 6 nitrogen and oxygen atoms in total. The van der Waals surface area contributed by atoms with Crippen LogP contribution in [0.25, 0.3) is 0 Å². The molecule has 1 rings (SSSR count). The minimum absolute atomic E-state index is 0.110. The van der Waals surface area contributed by atoms with Crippen LogP contribution in [0.5, 0.6) is 0 Å². The fourth-order valence-corrected chi connectivity index (χ4v) is 1.39. The molecule has 0 saturated carbocycles. The molecule has 11 heteroatoms. The predicted molar refractivity (Wildman–Crippen MR) is 43.3 cm³/mol. The smallest absolute Gasteiger partial charge is 0.475 e. The molecule has 0 atom stereocenters. The minimum Gasteiger partial charge on any atom is -0.475 e. The summed E-state index contributed by atoms with van der Waals surface area (Å²) in [5.74, 6) is -2.76. The molecule has 1 aliphatic rings. The summed E-state index contributed by atoms with van der Waals surface area (Å²) >= 11 is 0. The maximum absolute atomic E-state index is 11.8. The van der Waals surface area contributed by atoms with Crippen molar-refractivity contribution >= 4 is 16.4 Å². The number of alkyl halides is 3. The number of hydrogen-bond acceptors (Lipinski definition) is 4. The number of carbonyl (C=O) groups is 1. The molecule has 1 saturated heterocycles. The number of aliphatic carboxylic acids is 1. The van der Waals surface area contributed by atoms with Gasteiger partial charge in [-0.25, -0.2) is 4.79 Å². The molecule has 0 aliphatic carbocycles. The van der Waals surface area contributed by atoms with Crippen molar-refractivity contribution in [2.75, 3.05) is 13.1 Å². The number of rotatable bonds is 1. The summed E-state index contributed by atoms with van der Waals surface area (Å²) in [6.07, 6.45) is -5.08. The Morgan fingerprint density at radius 1 is 1.38 bits per heavy atom. The Hall–Kier alpha value is -0.940. The first-order chi connectivity index (χ1) is 6.94. The maximum Gasteiger partial charge on any atom is 0.490 e. The zero-order valence-corrected chi connectivity index (χ0v) is 8.42. The van der Waals surface area contributed by atoms with E-state index in [9.17, 15) is 25.5 Å². The zero-order valence-electron chi connectivity index (χ0n) is 7.61. The topological polar surface area (TPSA) is 101 Å². The van der Waals surface area contributed by atoms with Crippen molar-refractivity contribution in [3.63, 3.8) is 0 Å². The van der Waals surface area contributed by atoms with Gasteiger partial charge < -0.3 is 10.8 Å². The molecule has 0 aromatic rings. The van der Waals surface area contributed by atoms with Crippen molar-refractivity contribution in [2.45, 2.75) is 12.2 Å². The van der Waals surface area contributed by atoms with E-state index < -0.39 is 22.6 Å². The molecular formula is C5H8F4N2O4S. The van der Waals surface area contributed by atoms with Crippen LogP contribution in [-0.2, 0) is 15.2 Å². The van der Waals surface area contributed by atoms with Gasteiger partial charge in [-0.1, -0.05) is 3.89 Å². The second-order valence-corrected chi connectivity index (χ2v) is 4.16.